The Kier molecular flexibility index (Phi) is 4.93. The zero-order valence-electron chi connectivity index (χ0n) is 11.5. The molecule has 1 aliphatic rings. The maximum absolute atomic E-state index is 11.7. The van der Waals surface area contributed by atoms with Crippen molar-refractivity contribution in [1.29, 1.82) is 0 Å². The molecule has 2 unspecified atom stereocenters. The Morgan fingerprint density at radius 1 is 1.10 bits per heavy atom. The van der Waals surface area contributed by atoms with Crippen molar-refractivity contribution in [2.75, 3.05) is 0 Å². The molecule has 0 spiro atoms. The van der Waals surface area contributed by atoms with Crippen molar-refractivity contribution in [3.63, 3.8) is 0 Å². The first-order valence-electron chi connectivity index (χ1n) is 6.72. The smallest absolute Gasteiger partial charge is 0.306 e. The molecule has 2 atom stereocenters. The minimum Gasteiger partial charge on any atom is -0.458 e. The molecule has 0 saturated carbocycles. The lowest BCUT2D eigenvalue weighted by atomic mass is 10.1. The van der Waals surface area contributed by atoms with E-state index in [1.54, 1.807) is 12.2 Å². The van der Waals surface area contributed by atoms with Gasteiger partial charge in [-0.05, 0) is 24.1 Å². The van der Waals surface area contributed by atoms with Gasteiger partial charge in [-0.3, -0.25) is 9.59 Å². The molecular formula is C16H18O4. The first kappa shape index (κ1) is 14.3. The van der Waals surface area contributed by atoms with Crippen LogP contribution in [-0.2, 0) is 25.5 Å². The van der Waals surface area contributed by atoms with E-state index in [1.807, 2.05) is 30.3 Å². The molecule has 0 heterocycles. The fraction of sp³-hybridized carbons (Fsp3) is 0.375. The van der Waals surface area contributed by atoms with Gasteiger partial charge in [0.05, 0.1) is 0 Å². The van der Waals surface area contributed by atoms with Crippen LogP contribution in [0.4, 0.5) is 0 Å². The van der Waals surface area contributed by atoms with E-state index < -0.39 is 0 Å². The van der Waals surface area contributed by atoms with E-state index in [0.717, 1.165) is 5.56 Å². The molecule has 1 aromatic rings. The average Bonchev–Trinajstić information content (AvgIpc) is 2.84. The van der Waals surface area contributed by atoms with E-state index in [0.29, 0.717) is 19.3 Å². The SMILES string of the molecule is CC(=O)OC1C=CC(OC(=O)CCc2ccccc2)C1. The monoisotopic (exact) mass is 274 g/mol. The normalized spacial score (nSPS) is 20.6. The first-order valence-corrected chi connectivity index (χ1v) is 6.72. The molecule has 0 aromatic heterocycles. The van der Waals surface area contributed by atoms with E-state index in [-0.39, 0.29) is 24.1 Å². The Labute approximate surface area is 118 Å². The highest BCUT2D eigenvalue weighted by Gasteiger charge is 2.23. The van der Waals surface area contributed by atoms with Gasteiger partial charge in [0.25, 0.3) is 0 Å². The highest BCUT2D eigenvalue weighted by Crippen LogP contribution is 2.18. The summed E-state index contributed by atoms with van der Waals surface area (Å²) in [7, 11) is 0. The number of aryl methyl sites for hydroxylation is 1. The summed E-state index contributed by atoms with van der Waals surface area (Å²) in [4.78, 5) is 22.6. The Morgan fingerprint density at radius 3 is 2.40 bits per heavy atom. The summed E-state index contributed by atoms with van der Waals surface area (Å²) >= 11 is 0. The summed E-state index contributed by atoms with van der Waals surface area (Å²) in [5.74, 6) is -0.553. The van der Waals surface area contributed by atoms with Gasteiger partial charge in [0.2, 0.25) is 0 Å². The molecule has 20 heavy (non-hydrogen) atoms. The lowest BCUT2D eigenvalue weighted by Gasteiger charge is -2.13. The van der Waals surface area contributed by atoms with Gasteiger partial charge in [-0.1, -0.05) is 30.3 Å². The van der Waals surface area contributed by atoms with Gasteiger partial charge in [-0.25, -0.2) is 0 Å². The molecule has 0 amide bonds. The van der Waals surface area contributed by atoms with Gasteiger partial charge in [0.1, 0.15) is 12.2 Å². The fourth-order valence-electron chi connectivity index (χ4n) is 2.14. The lowest BCUT2D eigenvalue weighted by molar-refractivity contribution is -0.149. The molecule has 0 fully saturated rings. The molecular weight excluding hydrogens is 256 g/mol. The number of rotatable bonds is 5. The van der Waals surface area contributed by atoms with Crippen molar-refractivity contribution in [1.82, 2.24) is 0 Å². The summed E-state index contributed by atoms with van der Waals surface area (Å²) in [6.45, 7) is 1.37. The van der Waals surface area contributed by atoms with Crippen molar-refractivity contribution in [2.24, 2.45) is 0 Å². The third-order valence-corrected chi connectivity index (χ3v) is 3.07. The van der Waals surface area contributed by atoms with E-state index in [9.17, 15) is 9.59 Å². The van der Waals surface area contributed by atoms with Crippen LogP contribution < -0.4 is 0 Å². The van der Waals surface area contributed by atoms with Gasteiger partial charge in [0.15, 0.2) is 0 Å². The molecule has 4 nitrogen and oxygen atoms in total. The Morgan fingerprint density at radius 2 is 1.75 bits per heavy atom. The summed E-state index contributed by atoms with van der Waals surface area (Å²) in [5, 5.41) is 0. The third kappa shape index (κ3) is 4.53. The summed E-state index contributed by atoms with van der Waals surface area (Å²) in [6, 6.07) is 9.81. The lowest BCUT2D eigenvalue weighted by Crippen LogP contribution is -2.19. The minimum atomic E-state index is -0.323. The number of ether oxygens (including phenoxy) is 2. The van der Waals surface area contributed by atoms with Crippen molar-refractivity contribution in [3.8, 4) is 0 Å². The van der Waals surface area contributed by atoms with Crippen LogP contribution in [0.2, 0.25) is 0 Å². The standard InChI is InChI=1S/C16H18O4/c1-12(17)19-14-8-9-15(11-14)20-16(18)10-7-13-5-3-2-4-6-13/h2-6,8-9,14-15H,7,10-11H2,1H3. The fourth-order valence-corrected chi connectivity index (χ4v) is 2.14. The van der Waals surface area contributed by atoms with Gasteiger partial charge in [0, 0.05) is 19.8 Å². The van der Waals surface area contributed by atoms with Crippen molar-refractivity contribution in [3.05, 3.63) is 48.0 Å². The largest absolute Gasteiger partial charge is 0.458 e. The van der Waals surface area contributed by atoms with Crippen LogP contribution in [0.3, 0.4) is 0 Å². The predicted octanol–water partition coefficient (Wildman–Crippen LogP) is 2.42. The highest BCUT2D eigenvalue weighted by molar-refractivity contribution is 5.70. The molecule has 0 N–H and O–H groups in total. The number of benzene rings is 1. The maximum Gasteiger partial charge on any atom is 0.306 e. The summed E-state index contributed by atoms with van der Waals surface area (Å²) in [6.07, 6.45) is 4.50. The molecule has 1 aromatic carbocycles. The molecule has 0 saturated heterocycles. The van der Waals surface area contributed by atoms with Crippen LogP contribution in [0.25, 0.3) is 0 Å². The van der Waals surface area contributed by atoms with E-state index in [2.05, 4.69) is 0 Å². The summed E-state index contributed by atoms with van der Waals surface area (Å²) < 4.78 is 10.4. The molecule has 106 valence electrons. The highest BCUT2D eigenvalue weighted by atomic mass is 16.6. The molecule has 4 heteroatoms. The Bertz CT molecular complexity index is 492. The van der Waals surface area contributed by atoms with Crippen LogP contribution >= 0.6 is 0 Å². The average molecular weight is 274 g/mol. The van der Waals surface area contributed by atoms with E-state index >= 15 is 0 Å². The molecule has 0 aliphatic heterocycles. The van der Waals surface area contributed by atoms with Gasteiger partial charge >= 0.3 is 11.9 Å². The van der Waals surface area contributed by atoms with Crippen LogP contribution in [0.5, 0.6) is 0 Å². The molecule has 0 radical (unpaired) electrons. The van der Waals surface area contributed by atoms with Crippen LogP contribution in [0.15, 0.2) is 42.5 Å². The molecule has 2 rings (SSSR count). The van der Waals surface area contributed by atoms with Crippen LogP contribution in [0, 0.1) is 0 Å². The number of esters is 2. The summed E-state index contributed by atoms with van der Waals surface area (Å²) in [5.41, 5.74) is 1.12. The van der Waals surface area contributed by atoms with Crippen LogP contribution in [-0.4, -0.2) is 24.1 Å². The van der Waals surface area contributed by atoms with Gasteiger partial charge in [-0.2, -0.15) is 0 Å². The zero-order chi connectivity index (χ0) is 14.4. The third-order valence-electron chi connectivity index (χ3n) is 3.07. The van der Waals surface area contributed by atoms with E-state index in [1.165, 1.54) is 6.92 Å². The Balaban J connectivity index is 1.71. The molecule has 0 bridgehead atoms. The number of carbonyl (C=O) groups is 2. The second kappa shape index (κ2) is 6.89. The Hall–Kier alpha value is -2.10. The quantitative estimate of drug-likeness (QED) is 0.611. The number of hydrogen-bond donors (Lipinski definition) is 0. The minimum absolute atomic E-state index is 0.230. The van der Waals surface area contributed by atoms with Crippen molar-refractivity contribution in [2.45, 2.75) is 38.4 Å². The van der Waals surface area contributed by atoms with Crippen molar-refractivity contribution < 1.29 is 19.1 Å². The number of hydrogen-bond acceptors (Lipinski definition) is 4. The van der Waals surface area contributed by atoms with Crippen molar-refractivity contribution >= 4 is 11.9 Å². The van der Waals surface area contributed by atoms with Gasteiger partial charge < -0.3 is 9.47 Å². The topological polar surface area (TPSA) is 52.6 Å². The zero-order valence-corrected chi connectivity index (χ0v) is 11.5. The number of carbonyl (C=O) groups excluding carboxylic acids is 2. The van der Waals surface area contributed by atoms with Gasteiger partial charge in [-0.15, -0.1) is 0 Å². The first-order chi connectivity index (χ1) is 9.63. The maximum atomic E-state index is 11.7. The van der Waals surface area contributed by atoms with E-state index in [4.69, 9.17) is 9.47 Å². The molecule has 1 aliphatic carbocycles. The van der Waals surface area contributed by atoms with Crippen LogP contribution in [0.1, 0.15) is 25.3 Å². The predicted molar refractivity (Wildman–Crippen MR) is 74.0 cm³/mol. The second-order valence-electron chi connectivity index (χ2n) is 4.78. The second-order valence-corrected chi connectivity index (χ2v) is 4.78.